The van der Waals surface area contributed by atoms with Crippen LogP contribution in [-0.2, 0) is 24.9 Å². The van der Waals surface area contributed by atoms with Crippen LogP contribution in [0.1, 0.15) is 30.1 Å². The maximum absolute atomic E-state index is 5.93. The minimum Gasteiger partial charge on any atom is -0.379 e. The molecule has 2 aromatic rings. The highest BCUT2D eigenvalue weighted by Gasteiger charge is 2.27. The average Bonchev–Trinajstić information content (AvgIpc) is 3.03. The summed E-state index contributed by atoms with van der Waals surface area (Å²) in [6.45, 7) is 4.57. The fourth-order valence-corrected chi connectivity index (χ4v) is 3.18. The molecule has 118 valence electrons. The van der Waals surface area contributed by atoms with Gasteiger partial charge in [-0.3, -0.25) is 9.58 Å². The van der Waals surface area contributed by atoms with Gasteiger partial charge in [-0.15, -0.1) is 0 Å². The Hall–Kier alpha value is -1.66. The van der Waals surface area contributed by atoms with Gasteiger partial charge in [0, 0.05) is 51.2 Å². The van der Waals surface area contributed by atoms with Crippen LogP contribution in [0.2, 0.25) is 0 Å². The molecule has 2 aliphatic rings. The minimum absolute atomic E-state index is 0.363. The van der Waals surface area contributed by atoms with Gasteiger partial charge >= 0.3 is 0 Å². The van der Waals surface area contributed by atoms with Gasteiger partial charge in [-0.2, -0.15) is 5.10 Å². The molecule has 4 rings (SSSR count). The standard InChI is InChI=1S/C16H23N5O/c1-19-6-14(4-18-19)7-20-8-15-5-17-12-21(15)16(9-20)11-22-10-13-2-3-13/h4-6,12-13,16H,2-3,7-11H2,1H3. The first kappa shape index (κ1) is 14.0. The first-order valence-electron chi connectivity index (χ1n) is 8.06. The summed E-state index contributed by atoms with van der Waals surface area (Å²) < 4.78 is 10.1. The van der Waals surface area contributed by atoms with Crippen molar-refractivity contribution < 1.29 is 4.74 Å². The molecule has 2 aromatic heterocycles. The van der Waals surface area contributed by atoms with E-state index in [1.807, 2.05) is 30.5 Å². The molecular formula is C16H23N5O. The van der Waals surface area contributed by atoms with E-state index in [4.69, 9.17) is 4.74 Å². The Balaban J connectivity index is 1.41. The first-order valence-corrected chi connectivity index (χ1v) is 8.06. The topological polar surface area (TPSA) is 48.1 Å². The van der Waals surface area contributed by atoms with Crippen molar-refractivity contribution in [2.45, 2.75) is 32.0 Å². The predicted octanol–water partition coefficient (Wildman–Crippen LogP) is 1.60. The van der Waals surface area contributed by atoms with Crippen LogP contribution in [0.3, 0.4) is 0 Å². The number of nitrogens with zero attached hydrogens (tertiary/aromatic N) is 5. The summed E-state index contributed by atoms with van der Waals surface area (Å²) in [5.74, 6) is 0.817. The van der Waals surface area contributed by atoms with Gasteiger partial charge in [-0.05, 0) is 18.8 Å². The van der Waals surface area contributed by atoms with E-state index in [1.54, 1.807) is 0 Å². The summed E-state index contributed by atoms with van der Waals surface area (Å²) in [6, 6.07) is 0.363. The largest absolute Gasteiger partial charge is 0.379 e. The Bertz CT molecular complexity index is 630. The van der Waals surface area contributed by atoms with Crippen molar-refractivity contribution in [1.82, 2.24) is 24.2 Å². The molecule has 3 heterocycles. The van der Waals surface area contributed by atoms with Crippen molar-refractivity contribution in [1.29, 1.82) is 0 Å². The number of aromatic nitrogens is 4. The second kappa shape index (κ2) is 5.85. The molecule has 0 saturated heterocycles. The molecule has 22 heavy (non-hydrogen) atoms. The highest BCUT2D eigenvalue weighted by molar-refractivity contribution is 5.08. The normalized spacial score (nSPS) is 22.0. The van der Waals surface area contributed by atoms with Crippen LogP contribution in [0.4, 0.5) is 0 Å². The number of fused-ring (bicyclic) bond motifs is 1. The molecule has 1 saturated carbocycles. The van der Waals surface area contributed by atoms with E-state index in [2.05, 4.69) is 25.7 Å². The molecule has 1 aliphatic heterocycles. The van der Waals surface area contributed by atoms with Crippen molar-refractivity contribution in [2.75, 3.05) is 19.8 Å². The summed E-state index contributed by atoms with van der Waals surface area (Å²) in [7, 11) is 1.96. The number of rotatable bonds is 6. The molecule has 1 fully saturated rings. The maximum Gasteiger partial charge on any atom is 0.0952 e. The van der Waals surface area contributed by atoms with E-state index in [0.29, 0.717) is 6.04 Å². The van der Waals surface area contributed by atoms with Crippen molar-refractivity contribution in [3.8, 4) is 0 Å². The lowest BCUT2D eigenvalue weighted by molar-refractivity contribution is 0.0623. The maximum atomic E-state index is 5.93. The monoisotopic (exact) mass is 301 g/mol. The third-order valence-electron chi connectivity index (χ3n) is 4.52. The van der Waals surface area contributed by atoms with E-state index in [9.17, 15) is 0 Å². The molecule has 1 unspecified atom stereocenters. The van der Waals surface area contributed by atoms with Gasteiger partial charge in [0.15, 0.2) is 0 Å². The van der Waals surface area contributed by atoms with Crippen molar-refractivity contribution in [2.24, 2.45) is 13.0 Å². The lowest BCUT2D eigenvalue weighted by Crippen LogP contribution is -2.38. The van der Waals surface area contributed by atoms with E-state index in [1.165, 1.54) is 24.1 Å². The van der Waals surface area contributed by atoms with Gasteiger partial charge in [-0.1, -0.05) is 0 Å². The van der Waals surface area contributed by atoms with Gasteiger partial charge in [-0.25, -0.2) is 4.98 Å². The van der Waals surface area contributed by atoms with Gasteiger partial charge in [0.25, 0.3) is 0 Å². The molecular weight excluding hydrogens is 278 g/mol. The van der Waals surface area contributed by atoms with Crippen LogP contribution < -0.4 is 0 Å². The Morgan fingerprint density at radius 2 is 2.18 bits per heavy atom. The molecule has 0 amide bonds. The van der Waals surface area contributed by atoms with Gasteiger partial charge in [0.2, 0.25) is 0 Å². The molecule has 0 spiro atoms. The first-order chi connectivity index (χ1) is 10.8. The minimum atomic E-state index is 0.363. The quantitative estimate of drug-likeness (QED) is 0.813. The third kappa shape index (κ3) is 3.08. The van der Waals surface area contributed by atoms with Crippen LogP contribution in [0, 0.1) is 5.92 Å². The second-order valence-corrected chi connectivity index (χ2v) is 6.62. The molecule has 6 nitrogen and oxygen atoms in total. The lowest BCUT2D eigenvalue weighted by atomic mass is 10.2. The number of hydrogen-bond acceptors (Lipinski definition) is 4. The van der Waals surface area contributed by atoms with Crippen LogP contribution in [-0.4, -0.2) is 44.0 Å². The highest BCUT2D eigenvalue weighted by atomic mass is 16.5. The summed E-state index contributed by atoms with van der Waals surface area (Å²) in [6.07, 6.45) is 10.6. The molecule has 6 heteroatoms. The zero-order chi connectivity index (χ0) is 14.9. The Labute approximate surface area is 130 Å². The van der Waals surface area contributed by atoms with Gasteiger partial charge < -0.3 is 9.30 Å². The average molecular weight is 301 g/mol. The zero-order valence-electron chi connectivity index (χ0n) is 13.1. The Morgan fingerprint density at radius 3 is 2.95 bits per heavy atom. The van der Waals surface area contributed by atoms with E-state index in [-0.39, 0.29) is 0 Å². The molecule has 0 radical (unpaired) electrons. The second-order valence-electron chi connectivity index (χ2n) is 6.62. The van der Waals surface area contributed by atoms with Crippen molar-refractivity contribution >= 4 is 0 Å². The van der Waals surface area contributed by atoms with Gasteiger partial charge in [0.05, 0.1) is 30.9 Å². The molecule has 1 atom stereocenters. The van der Waals surface area contributed by atoms with Crippen LogP contribution in [0.5, 0.6) is 0 Å². The van der Waals surface area contributed by atoms with Crippen LogP contribution in [0.25, 0.3) is 0 Å². The molecule has 0 N–H and O–H groups in total. The van der Waals surface area contributed by atoms with E-state index in [0.717, 1.165) is 38.8 Å². The Kier molecular flexibility index (Phi) is 3.72. The number of aryl methyl sites for hydroxylation is 1. The molecule has 0 aromatic carbocycles. The highest BCUT2D eigenvalue weighted by Crippen LogP contribution is 2.29. The van der Waals surface area contributed by atoms with Crippen LogP contribution in [0.15, 0.2) is 24.9 Å². The Morgan fingerprint density at radius 1 is 1.27 bits per heavy atom. The number of imidazole rings is 1. The number of hydrogen-bond donors (Lipinski definition) is 0. The van der Waals surface area contributed by atoms with Crippen LogP contribution >= 0.6 is 0 Å². The smallest absolute Gasteiger partial charge is 0.0952 e. The summed E-state index contributed by atoms with van der Waals surface area (Å²) >= 11 is 0. The fraction of sp³-hybridized carbons (Fsp3) is 0.625. The third-order valence-corrected chi connectivity index (χ3v) is 4.52. The molecule has 0 bridgehead atoms. The number of ether oxygens (including phenoxy) is 1. The SMILES string of the molecule is Cn1cc(CN2Cc3cncn3C(COCC3CC3)C2)cn1. The predicted molar refractivity (Wildman–Crippen MR) is 82.1 cm³/mol. The molecule has 1 aliphatic carbocycles. The van der Waals surface area contributed by atoms with E-state index >= 15 is 0 Å². The summed E-state index contributed by atoms with van der Waals surface area (Å²) in [5, 5.41) is 4.26. The summed E-state index contributed by atoms with van der Waals surface area (Å²) in [5.41, 5.74) is 2.53. The fourth-order valence-electron chi connectivity index (χ4n) is 3.18. The zero-order valence-corrected chi connectivity index (χ0v) is 13.1. The van der Waals surface area contributed by atoms with Gasteiger partial charge in [0.1, 0.15) is 0 Å². The lowest BCUT2D eigenvalue weighted by Gasteiger charge is -2.34. The van der Waals surface area contributed by atoms with Crippen molar-refractivity contribution in [3.63, 3.8) is 0 Å². The van der Waals surface area contributed by atoms with E-state index < -0.39 is 0 Å². The summed E-state index contributed by atoms with van der Waals surface area (Å²) in [4.78, 5) is 6.78. The van der Waals surface area contributed by atoms with Crippen molar-refractivity contribution in [3.05, 3.63) is 36.2 Å².